The van der Waals surface area contributed by atoms with Crippen molar-refractivity contribution in [1.82, 2.24) is 24.6 Å². The van der Waals surface area contributed by atoms with Gasteiger partial charge < -0.3 is 10.0 Å². The number of nitrogens with one attached hydrogen (secondary N) is 1. The molecule has 3 heterocycles. The van der Waals surface area contributed by atoms with Gasteiger partial charge >= 0.3 is 0 Å². The van der Waals surface area contributed by atoms with Crippen LogP contribution in [-0.4, -0.2) is 72.1 Å². The molecule has 9 nitrogen and oxygen atoms in total. The Kier molecular flexibility index (Phi) is 7.08. The van der Waals surface area contributed by atoms with Gasteiger partial charge in [0.25, 0.3) is 0 Å². The summed E-state index contributed by atoms with van der Waals surface area (Å²) in [4.78, 5) is 17.4. The number of aromatic nitrogens is 3. The minimum absolute atomic E-state index is 0.180. The highest BCUT2D eigenvalue weighted by atomic mass is 32.2. The number of phenolic OH excluding ortho intramolecular Hbond substituents is 1. The first-order chi connectivity index (χ1) is 17.5. The summed E-state index contributed by atoms with van der Waals surface area (Å²) in [5, 5.41) is 11.1. The molecule has 1 aliphatic rings. The molecular formula is C26H28N6O3S. The van der Waals surface area contributed by atoms with Crippen molar-refractivity contribution in [3.05, 3.63) is 84.9 Å². The van der Waals surface area contributed by atoms with E-state index in [1.54, 1.807) is 61.2 Å². The minimum Gasteiger partial charge on any atom is -0.508 e. The lowest BCUT2D eigenvalue weighted by Gasteiger charge is -2.36. The molecule has 10 heteroatoms. The van der Waals surface area contributed by atoms with E-state index in [1.165, 1.54) is 0 Å². The molecule has 186 valence electrons. The summed E-state index contributed by atoms with van der Waals surface area (Å²) in [6.45, 7) is 3.62. The summed E-state index contributed by atoms with van der Waals surface area (Å²) in [6, 6.07) is 15.3. The van der Waals surface area contributed by atoms with Crippen molar-refractivity contribution in [2.45, 2.75) is 17.4 Å². The van der Waals surface area contributed by atoms with Crippen LogP contribution >= 0.6 is 0 Å². The fourth-order valence-corrected chi connectivity index (χ4v) is 6.02. The van der Waals surface area contributed by atoms with Gasteiger partial charge in [-0.05, 0) is 42.3 Å². The zero-order chi connectivity index (χ0) is 25.0. The van der Waals surface area contributed by atoms with Crippen molar-refractivity contribution in [3.63, 3.8) is 0 Å². The largest absolute Gasteiger partial charge is 0.508 e. The normalized spacial score (nSPS) is 15.7. The van der Waals surface area contributed by atoms with Crippen LogP contribution in [0.4, 0.5) is 5.95 Å². The Bertz CT molecular complexity index is 1400. The van der Waals surface area contributed by atoms with Gasteiger partial charge in [-0.25, -0.2) is 23.1 Å². The number of hydrogen-bond acceptors (Lipinski definition) is 8. The molecule has 4 aromatic rings. The molecule has 1 aliphatic heterocycles. The topological polar surface area (TPSA) is 112 Å². The molecule has 2 N–H and O–H groups in total. The van der Waals surface area contributed by atoms with Crippen LogP contribution in [0.15, 0.2) is 84.3 Å². The van der Waals surface area contributed by atoms with Gasteiger partial charge in [-0.2, -0.15) is 0 Å². The third-order valence-corrected chi connectivity index (χ3v) is 7.94. The molecule has 1 atom stereocenters. The minimum atomic E-state index is -3.80. The monoisotopic (exact) mass is 504 g/mol. The van der Waals surface area contributed by atoms with E-state index in [0.717, 1.165) is 37.1 Å². The van der Waals surface area contributed by atoms with E-state index < -0.39 is 10.0 Å². The number of hydrogen-bond donors (Lipinski definition) is 2. The third-order valence-electron chi connectivity index (χ3n) is 6.36. The van der Waals surface area contributed by atoms with Gasteiger partial charge in [-0.1, -0.05) is 24.3 Å². The number of nitrogens with zero attached hydrogens (tertiary/aromatic N) is 5. The molecule has 1 saturated heterocycles. The number of piperazine rings is 1. The first kappa shape index (κ1) is 24.1. The van der Waals surface area contributed by atoms with E-state index in [1.807, 2.05) is 18.2 Å². The molecular weight excluding hydrogens is 476 g/mol. The van der Waals surface area contributed by atoms with Crippen LogP contribution < -0.4 is 9.62 Å². The Morgan fingerprint density at radius 1 is 0.917 bits per heavy atom. The number of rotatable bonds is 8. The second-order valence-corrected chi connectivity index (χ2v) is 10.6. The van der Waals surface area contributed by atoms with Crippen molar-refractivity contribution in [2.75, 3.05) is 37.6 Å². The third kappa shape index (κ3) is 5.62. The predicted octanol–water partition coefficient (Wildman–Crippen LogP) is 2.44. The van der Waals surface area contributed by atoms with Crippen molar-refractivity contribution in [1.29, 1.82) is 0 Å². The molecule has 1 unspecified atom stereocenters. The van der Waals surface area contributed by atoms with E-state index in [4.69, 9.17) is 0 Å². The number of sulfonamides is 1. The Labute approximate surface area is 210 Å². The van der Waals surface area contributed by atoms with Crippen LogP contribution in [0.2, 0.25) is 0 Å². The van der Waals surface area contributed by atoms with Crippen LogP contribution in [0.25, 0.3) is 10.8 Å². The van der Waals surface area contributed by atoms with Gasteiger partial charge in [0.05, 0.1) is 4.90 Å². The molecule has 0 spiro atoms. The molecule has 2 aromatic carbocycles. The molecule has 0 saturated carbocycles. The summed E-state index contributed by atoms with van der Waals surface area (Å²) in [6.07, 6.45) is 7.23. The van der Waals surface area contributed by atoms with Crippen LogP contribution in [-0.2, 0) is 16.4 Å². The van der Waals surface area contributed by atoms with Crippen LogP contribution in [0.5, 0.6) is 5.75 Å². The van der Waals surface area contributed by atoms with Gasteiger partial charge in [0, 0.05) is 74.3 Å². The number of anilines is 1. The summed E-state index contributed by atoms with van der Waals surface area (Å²) in [7, 11) is -3.80. The highest BCUT2D eigenvalue weighted by molar-refractivity contribution is 7.89. The zero-order valence-electron chi connectivity index (χ0n) is 19.7. The van der Waals surface area contributed by atoms with Gasteiger partial charge in [-0.15, -0.1) is 0 Å². The number of fused-ring (bicyclic) bond motifs is 1. The Morgan fingerprint density at radius 3 is 2.42 bits per heavy atom. The van der Waals surface area contributed by atoms with Gasteiger partial charge in [-0.3, -0.25) is 9.88 Å². The summed E-state index contributed by atoms with van der Waals surface area (Å²) in [5.74, 6) is 0.892. The predicted molar refractivity (Wildman–Crippen MR) is 138 cm³/mol. The summed E-state index contributed by atoms with van der Waals surface area (Å²) >= 11 is 0. The van der Waals surface area contributed by atoms with Gasteiger partial charge in [0.2, 0.25) is 16.0 Å². The quantitative estimate of drug-likeness (QED) is 0.376. The molecule has 1 fully saturated rings. The number of pyridine rings is 1. The number of aromatic hydroxyl groups is 1. The Hall–Kier alpha value is -3.60. The maximum Gasteiger partial charge on any atom is 0.241 e. The zero-order valence-corrected chi connectivity index (χ0v) is 20.6. The lowest BCUT2D eigenvalue weighted by Crippen LogP contribution is -2.52. The second-order valence-electron chi connectivity index (χ2n) is 8.88. The lowest BCUT2D eigenvalue weighted by molar-refractivity contribution is 0.235. The highest BCUT2D eigenvalue weighted by Gasteiger charge is 2.26. The molecule has 0 bridgehead atoms. The summed E-state index contributed by atoms with van der Waals surface area (Å²) in [5.41, 5.74) is 0.943. The molecule has 0 amide bonds. The van der Waals surface area contributed by atoms with Crippen LogP contribution in [0.1, 0.15) is 5.56 Å². The molecule has 36 heavy (non-hydrogen) atoms. The maximum absolute atomic E-state index is 13.6. The van der Waals surface area contributed by atoms with Crippen molar-refractivity contribution in [2.24, 2.45) is 0 Å². The first-order valence-electron chi connectivity index (χ1n) is 11.9. The number of benzene rings is 2. The molecule has 5 rings (SSSR count). The van der Waals surface area contributed by atoms with Gasteiger partial charge in [0.1, 0.15) is 5.75 Å². The van der Waals surface area contributed by atoms with Crippen molar-refractivity contribution in [3.8, 4) is 5.75 Å². The maximum atomic E-state index is 13.6. The fraction of sp³-hybridized carbons (Fsp3) is 0.269. The SMILES string of the molecule is O=S(=O)(NC(Cc1ccc(O)cc1)CN1CCN(c2ncccn2)CC1)c1cccc2cnccc12. The van der Waals surface area contributed by atoms with Crippen molar-refractivity contribution >= 4 is 26.7 Å². The average molecular weight is 505 g/mol. The van der Waals surface area contributed by atoms with E-state index in [2.05, 4.69) is 29.5 Å². The Balaban J connectivity index is 1.34. The van der Waals surface area contributed by atoms with Crippen LogP contribution in [0, 0.1) is 0 Å². The number of phenols is 1. The van der Waals surface area contributed by atoms with E-state index in [9.17, 15) is 13.5 Å². The molecule has 2 aromatic heterocycles. The fourth-order valence-electron chi connectivity index (χ4n) is 4.57. The standard InChI is InChI=1S/C26H28N6O3S/c33-23-7-5-20(6-8-23)17-22(19-31-13-15-32(16-14-31)26-28-10-2-11-29-26)30-36(34,35)25-4-1-3-21-18-27-12-9-24(21)25/h1-12,18,22,30,33H,13-17,19H2. The van der Waals surface area contributed by atoms with Crippen LogP contribution in [0.3, 0.4) is 0 Å². The Morgan fingerprint density at radius 2 is 1.67 bits per heavy atom. The second kappa shape index (κ2) is 10.6. The van der Waals surface area contributed by atoms with E-state index >= 15 is 0 Å². The highest BCUT2D eigenvalue weighted by Crippen LogP contribution is 2.23. The lowest BCUT2D eigenvalue weighted by atomic mass is 10.1. The smallest absolute Gasteiger partial charge is 0.241 e. The average Bonchev–Trinajstić information content (AvgIpc) is 2.90. The van der Waals surface area contributed by atoms with E-state index in [0.29, 0.717) is 24.3 Å². The summed E-state index contributed by atoms with van der Waals surface area (Å²) < 4.78 is 30.1. The van der Waals surface area contributed by atoms with Crippen molar-refractivity contribution < 1.29 is 13.5 Å². The molecule has 0 radical (unpaired) electrons. The first-order valence-corrected chi connectivity index (χ1v) is 13.3. The van der Waals surface area contributed by atoms with Gasteiger partial charge in [0.15, 0.2) is 0 Å². The molecule has 0 aliphatic carbocycles. The van der Waals surface area contributed by atoms with E-state index in [-0.39, 0.29) is 16.7 Å².